The predicted octanol–water partition coefficient (Wildman–Crippen LogP) is 2.86. The topological polar surface area (TPSA) is 29.1 Å². The van der Waals surface area contributed by atoms with Gasteiger partial charge in [-0.05, 0) is 18.6 Å². The number of rotatable bonds is 5. The SMILES string of the molecule is CCCCNC(=O)Cc1ccc(Cl)s1. The highest BCUT2D eigenvalue weighted by Gasteiger charge is 2.04. The average molecular weight is 232 g/mol. The van der Waals surface area contributed by atoms with Crippen molar-refractivity contribution in [2.45, 2.75) is 26.2 Å². The molecule has 14 heavy (non-hydrogen) atoms. The first-order valence-electron chi connectivity index (χ1n) is 4.73. The molecule has 0 saturated heterocycles. The van der Waals surface area contributed by atoms with E-state index in [9.17, 15) is 4.79 Å². The van der Waals surface area contributed by atoms with Gasteiger partial charge in [-0.15, -0.1) is 11.3 Å². The lowest BCUT2D eigenvalue weighted by molar-refractivity contribution is -0.120. The third kappa shape index (κ3) is 4.11. The Kier molecular flexibility index (Phi) is 4.98. The molecule has 0 fully saturated rings. The Morgan fingerprint density at radius 3 is 2.93 bits per heavy atom. The number of unbranched alkanes of at least 4 members (excludes halogenated alkanes) is 1. The van der Waals surface area contributed by atoms with Crippen LogP contribution in [0.2, 0.25) is 4.34 Å². The van der Waals surface area contributed by atoms with Crippen molar-refractivity contribution in [2.75, 3.05) is 6.54 Å². The van der Waals surface area contributed by atoms with Crippen LogP contribution in [0.25, 0.3) is 0 Å². The van der Waals surface area contributed by atoms with E-state index < -0.39 is 0 Å². The molecule has 1 aromatic heterocycles. The number of hydrogen-bond donors (Lipinski definition) is 1. The van der Waals surface area contributed by atoms with E-state index in [0.29, 0.717) is 6.42 Å². The highest BCUT2D eigenvalue weighted by Crippen LogP contribution is 2.21. The number of carbonyl (C=O) groups is 1. The molecular formula is C10H14ClNOS. The summed E-state index contributed by atoms with van der Waals surface area (Å²) in [6.07, 6.45) is 2.59. The van der Waals surface area contributed by atoms with Crippen molar-refractivity contribution >= 4 is 28.8 Å². The van der Waals surface area contributed by atoms with Crippen molar-refractivity contribution in [3.05, 3.63) is 21.3 Å². The van der Waals surface area contributed by atoms with Gasteiger partial charge in [-0.3, -0.25) is 4.79 Å². The zero-order valence-corrected chi connectivity index (χ0v) is 9.75. The summed E-state index contributed by atoms with van der Waals surface area (Å²) in [6.45, 7) is 2.87. The number of hydrogen-bond acceptors (Lipinski definition) is 2. The van der Waals surface area contributed by atoms with Crippen molar-refractivity contribution in [1.82, 2.24) is 5.32 Å². The van der Waals surface area contributed by atoms with Gasteiger partial charge in [0.25, 0.3) is 0 Å². The normalized spacial score (nSPS) is 10.1. The molecule has 0 aromatic carbocycles. The molecule has 0 atom stereocenters. The molecule has 1 heterocycles. The Hall–Kier alpha value is -0.540. The molecule has 0 aliphatic rings. The summed E-state index contributed by atoms with van der Waals surface area (Å²) in [5.74, 6) is 0.0805. The number of amides is 1. The largest absolute Gasteiger partial charge is 0.356 e. The summed E-state index contributed by atoms with van der Waals surface area (Å²) in [5, 5.41) is 2.87. The standard InChI is InChI=1S/C10H14ClNOS/c1-2-3-6-12-10(13)7-8-4-5-9(11)14-8/h4-5H,2-3,6-7H2,1H3,(H,12,13). The fraction of sp³-hybridized carbons (Fsp3) is 0.500. The van der Waals surface area contributed by atoms with Gasteiger partial charge in [0.05, 0.1) is 10.8 Å². The van der Waals surface area contributed by atoms with E-state index in [1.165, 1.54) is 11.3 Å². The Bertz CT molecular complexity index is 298. The molecule has 0 radical (unpaired) electrons. The van der Waals surface area contributed by atoms with E-state index in [2.05, 4.69) is 12.2 Å². The summed E-state index contributed by atoms with van der Waals surface area (Å²) in [6, 6.07) is 3.72. The van der Waals surface area contributed by atoms with Crippen molar-refractivity contribution in [2.24, 2.45) is 0 Å². The lowest BCUT2D eigenvalue weighted by atomic mass is 10.3. The number of nitrogens with one attached hydrogen (secondary N) is 1. The molecule has 1 rings (SSSR count). The first kappa shape index (κ1) is 11.5. The highest BCUT2D eigenvalue weighted by atomic mass is 35.5. The lowest BCUT2D eigenvalue weighted by Crippen LogP contribution is -2.25. The number of carbonyl (C=O) groups excluding carboxylic acids is 1. The minimum atomic E-state index is 0.0805. The van der Waals surface area contributed by atoms with Gasteiger partial charge in [-0.25, -0.2) is 0 Å². The second kappa shape index (κ2) is 6.04. The van der Waals surface area contributed by atoms with Crippen LogP contribution in [0.5, 0.6) is 0 Å². The van der Waals surface area contributed by atoms with Gasteiger partial charge in [0.15, 0.2) is 0 Å². The zero-order valence-electron chi connectivity index (χ0n) is 8.18. The van der Waals surface area contributed by atoms with Gasteiger partial charge in [0.2, 0.25) is 5.91 Å². The maximum absolute atomic E-state index is 11.3. The Balaban J connectivity index is 2.27. The molecule has 1 aromatic rings. The van der Waals surface area contributed by atoms with Crippen LogP contribution in [0.3, 0.4) is 0 Å². The molecule has 1 amide bonds. The van der Waals surface area contributed by atoms with E-state index in [1.54, 1.807) is 0 Å². The second-order valence-corrected chi connectivity index (χ2v) is 4.89. The van der Waals surface area contributed by atoms with Crippen LogP contribution < -0.4 is 5.32 Å². The van der Waals surface area contributed by atoms with E-state index >= 15 is 0 Å². The van der Waals surface area contributed by atoms with Gasteiger partial charge >= 0.3 is 0 Å². The summed E-state index contributed by atoms with van der Waals surface area (Å²) >= 11 is 7.22. The molecule has 2 nitrogen and oxygen atoms in total. The van der Waals surface area contributed by atoms with Gasteiger partial charge in [-0.1, -0.05) is 24.9 Å². The van der Waals surface area contributed by atoms with E-state index in [1.807, 2.05) is 12.1 Å². The fourth-order valence-electron chi connectivity index (χ4n) is 1.07. The quantitative estimate of drug-likeness (QED) is 0.776. The molecule has 0 saturated carbocycles. The third-order valence-corrected chi connectivity index (χ3v) is 3.05. The van der Waals surface area contributed by atoms with E-state index in [4.69, 9.17) is 11.6 Å². The summed E-state index contributed by atoms with van der Waals surface area (Å²) in [7, 11) is 0. The van der Waals surface area contributed by atoms with Crippen LogP contribution in [0.15, 0.2) is 12.1 Å². The Labute approximate surface area is 93.3 Å². The van der Waals surface area contributed by atoms with Crippen molar-refractivity contribution < 1.29 is 4.79 Å². The molecular weight excluding hydrogens is 218 g/mol. The second-order valence-electron chi connectivity index (χ2n) is 3.09. The minimum Gasteiger partial charge on any atom is -0.356 e. The van der Waals surface area contributed by atoms with Crippen molar-refractivity contribution in [3.8, 4) is 0 Å². The van der Waals surface area contributed by atoms with Gasteiger partial charge in [-0.2, -0.15) is 0 Å². The van der Waals surface area contributed by atoms with Gasteiger partial charge < -0.3 is 5.32 Å². The third-order valence-electron chi connectivity index (χ3n) is 1.82. The van der Waals surface area contributed by atoms with Crippen LogP contribution in [0, 0.1) is 0 Å². The summed E-state index contributed by atoms with van der Waals surface area (Å²) < 4.78 is 0.737. The van der Waals surface area contributed by atoms with Gasteiger partial charge in [0.1, 0.15) is 0 Å². The number of halogens is 1. The molecule has 0 bridgehead atoms. The van der Waals surface area contributed by atoms with E-state index in [0.717, 1.165) is 28.6 Å². The fourth-order valence-corrected chi connectivity index (χ4v) is 2.16. The monoisotopic (exact) mass is 231 g/mol. The van der Waals surface area contributed by atoms with Gasteiger partial charge in [0, 0.05) is 11.4 Å². The number of thiophene rings is 1. The Morgan fingerprint density at radius 1 is 1.57 bits per heavy atom. The maximum atomic E-state index is 11.3. The lowest BCUT2D eigenvalue weighted by Gasteiger charge is -2.01. The Morgan fingerprint density at radius 2 is 2.36 bits per heavy atom. The van der Waals surface area contributed by atoms with Crippen LogP contribution in [-0.2, 0) is 11.2 Å². The van der Waals surface area contributed by atoms with Crippen LogP contribution >= 0.6 is 22.9 Å². The molecule has 0 aliphatic carbocycles. The predicted molar refractivity (Wildman–Crippen MR) is 61.0 cm³/mol. The molecule has 0 spiro atoms. The molecule has 78 valence electrons. The highest BCUT2D eigenvalue weighted by molar-refractivity contribution is 7.16. The smallest absolute Gasteiger partial charge is 0.225 e. The first-order chi connectivity index (χ1) is 6.72. The molecule has 0 unspecified atom stereocenters. The maximum Gasteiger partial charge on any atom is 0.225 e. The van der Waals surface area contributed by atoms with Crippen molar-refractivity contribution in [3.63, 3.8) is 0 Å². The summed E-state index contributed by atoms with van der Waals surface area (Å²) in [5.41, 5.74) is 0. The first-order valence-corrected chi connectivity index (χ1v) is 5.92. The molecule has 1 N–H and O–H groups in total. The molecule has 0 aliphatic heterocycles. The van der Waals surface area contributed by atoms with Crippen LogP contribution in [-0.4, -0.2) is 12.5 Å². The van der Waals surface area contributed by atoms with Crippen LogP contribution in [0.1, 0.15) is 24.6 Å². The van der Waals surface area contributed by atoms with E-state index in [-0.39, 0.29) is 5.91 Å². The average Bonchev–Trinajstić information content (AvgIpc) is 2.52. The van der Waals surface area contributed by atoms with Crippen LogP contribution in [0.4, 0.5) is 0 Å². The molecule has 4 heteroatoms. The minimum absolute atomic E-state index is 0.0805. The zero-order chi connectivity index (χ0) is 10.4. The summed E-state index contributed by atoms with van der Waals surface area (Å²) in [4.78, 5) is 12.4. The van der Waals surface area contributed by atoms with Crippen molar-refractivity contribution in [1.29, 1.82) is 0 Å².